The summed E-state index contributed by atoms with van der Waals surface area (Å²) in [4.78, 5) is 2.71. The van der Waals surface area contributed by atoms with Crippen LogP contribution >= 0.6 is 0 Å². The lowest BCUT2D eigenvalue weighted by Gasteiger charge is -2.32. The average molecular weight is 212 g/mol. The molecule has 1 unspecified atom stereocenters. The monoisotopic (exact) mass is 212 g/mol. The minimum atomic E-state index is 0.615. The Balaban J connectivity index is 2.43. The van der Waals surface area contributed by atoms with E-state index < -0.39 is 0 Å². The maximum Gasteiger partial charge on any atom is 0.0163 e. The molecule has 1 N–H and O–H groups in total. The molecule has 0 aromatic carbocycles. The summed E-state index contributed by atoms with van der Waals surface area (Å²) in [7, 11) is 2.06. The van der Waals surface area contributed by atoms with Gasteiger partial charge in [0.2, 0.25) is 0 Å². The average Bonchev–Trinajstić information content (AvgIpc) is 2.68. The highest BCUT2D eigenvalue weighted by Gasteiger charge is 2.23. The van der Waals surface area contributed by atoms with Crippen LogP contribution in [-0.4, -0.2) is 37.1 Å². The van der Waals surface area contributed by atoms with Crippen molar-refractivity contribution in [2.24, 2.45) is 5.92 Å². The van der Waals surface area contributed by atoms with Crippen molar-refractivity contribution >= 4 is 0 Å². The molecule has 15 heavy (non-hydrogen) atoms. The van der Waals surface area contributed by atoms with Crippen LogP contribution in [0.4, 0.5) is 0 Å². The van der Waals surface area contributed by atoms with Crippen molar-refractivity contribution in [2.45, 2.75) is 58.5 Å². The second-order valence-electron chi connectivity index (χ2n) is 5.48. The Morgan fingerprint density at radius 1 is 1.13 bits per heavy atom. The van der Waals surface area contributed by atoms with Crippen molar-refractivity contribution in [1.82, 2.24) is 10.2 Å². The number of hydrogen-bond donors (Lipinski definition) is 1. The van der Waals surface area contributed by atoms with Crippen LogP contribution in [0.15, 0.2) is 0 Å². The van der Waals surface area contributed by atoms with E-state index in [1.54, 1.807) is 0 Å². The van der Waals surface area contributed by atoms with Crippen molar-refractivity contribution in [3.05, 3.63) is 0 Å². The minimum absolute atomic E-state index is 0.615. The Labute approximate surface area is 95.4 Å². The largest absolute Gasteiger partial charge is 0.316 e. The maximum absolute atomic E-state index is 3.35. The third kappa shape index (κ3) is 4.52. The topological polar surface area (TPSA) is 15.3 Å². The molecule has 0 aliphatic heterocycles. The van der Waals surface area contributed by atoms with E-state index in [9.17, 15) is 0 Å². The Hall–Kier alpha value is -0.0800. The van der Waals surface area contributed by atoms with Gasteiger partial charge < -0.3 is 5.32 Å². The van der Waals surface area contributed by atoms with E-state index in [2.05, 4.69) is 38.0 Å². The van der Waals surface area contributed by atoms with Crippen LogP contribution in [0.3, 0.4) is 0 Å². The van der Waals surface area contributed by atoms with E-state index in [4.69, 9.17) is 0 Å². The lowest BCUT2D eigenvalue weighted by molar-refractivity contribution is 0.163. The van der Waals surface area contributed by atoms with E-state index in [-0.39, 0.29) is 0 Å². The van der Waals surface area contributed by atoms with Gasteiger partial charge in [-0.15, -0.1) is 0 Å². The van der Waals surface area contributed by atoms with E-state index in [1.807, 2.05) is 0 Å². The van der Waals surface area contributed by atoms with Crippen LogP contribution in [0.2, 0.25) is 0 Å². The van der Waals surface area contributed by atoms with Crippen molar-refractivity contribution in [2.75, 3.05) is 20.1 Å². The summed E-state index contributed by atoms with van der Waals surface area (Å²) in [6, 6.07) is 1.48. The van der Waals surface area contributed by atoms with Crippen LogP contribution in [0.1, 0.15) is 46.5 Å². The predicted octanol–water partition coefficient (Wildman–Crippen LogP) is 2.49. The summed E-state index contributed by atoms with van der Waals surface area (Å²) in [5.74, 6) is 0.787. The summed E-state index contributed by atoms with van der Waals surface area (Å²) in [6.45, 7) is 9.40. The molecular formula is C13H28N2. The van der Waals surface area contributed by atoms with Crippen LogP contribution in [0.5, 0.6) is 0 Å². The number of rotatable bonds is 6. The number of likely N-dealkylation sites (N-methyl/N-ethyl adjacent to an activating group) is 1. The second kappa shape index (κ2) is 6.49. The van der Waals surface area contributed by atoms with Crippen LogP contribution in [0.25, 0.3) is 0 Å². The molecule has 0 amide bonds. The molecule has 0 aromatic heterocycles. The van der Waals surface area contributed by atoms with E-state index >= 15 is 0 Å². The zero-order valence-electron chi connectivity index (χ0n) is 10.9. The predicted molar refractivity (Wildman–Crippen MR) is 67.2 cm³/mol. The molecule has 0 aromatic rings. The molecule has 2 nitrogen and oxygen atoms in total. The molecule has 1 atom stereocenters. The molecule has 1 aliphatic rings. The van der Waals surface area contributed by atoms with Crippen molar-refractivity contribution in [3.63, 3.8) is 0 Å². The van der Waals surface area contributed by atoms with Gasteiger partial charge in [-0.3, -0.25) is 4.90 Å². The first kappa shape index (κ1) is 13.0. The zero-order chi connectivity index (χ0) is 11.3. The fourth-order valence-electron chi connectivity index (χ4n) is 2.55. The smallest absolute Gasteiger partial charge is 0.0163 e. The van der Waals surface area contributed by atoms with Crippen molar-refractivity contribution in [3.8, 4) is 0 Å². The lowest BCUT2D eigenvalue weighted by Crippen LogP contribution is -2.44. The molecule has 1 fully saturated rings. The second-order valence-corrected chi connectivity index (χ2v) is 5.48. The maximum atomic E-state index is 3.35. The van der Waals surface area contributed by atoms with Gasteiger partial charge in [0.25, 0.3) is 0 Å². The third-order valence-electron chi connectivity index (χ3n) is 3.44. The van der Waals surface area contributed by atoms with Gasteiger partial charge in [0.15, 0.2) is 0 Å². The van der Waals surface area contributed by atoms with Gasteiger partial charge in [-0.2, -0.15) is 0 Å². The van der Waals surface area contributed by atoms with Gasteiger partial charge in [-0.05, 0) is 32.7 Å². The zero-order valence-corrected chi connectivity index (χ0v) is 10.9. The Kier molecular flexibility index (Phi) is 5.62. The minimum Gasteiger partial charge on any atom is -0.316 e. The van der Waals surface area contributed by atoms with Gasteiger partial charge in [0.05, 0.1) is 0 Å². The summed E-state index contributed by atoms with van der Waals surface area (Å²) in [5, 5.41) is 3.35. The molecular weight excluding hydrogens is 184 g/mol. The first-order valence-corrected chi connectivity index (χ1v) is 6.54. The molecule has 1 rings (SSSR count). The summed E-state index contributed by atoms with van der Waals surface area (Å²) in [6.07, 6.45) is 5.71. The highest BCUT2D eigenvalue weighted by atomic mass is 15.2. The molecule has 0 heterocycles. The first-order valence-electron chi connectivity index (χ1n) is 6.54. The molecule has 90 valence electrons. The van der Waals surface area contributed by atoms with Crippen LogP contribution < -0.4 is 5.32 Å². The summed E-state index contributed by atoms with van der Waals surface area (Å²) < 4.78 is 0. The molecule has 0 saturated heterocycles. The highest BCUT2D eigenvalue weighted by molar-refractivity contribution is 4.80. The molecule has 2 heteroatoms. The lowest BCUT2D eigenvalue weighted by atomic mass is 10.1. The number of nitrogens with zero attached hydrogens (tertiary/aromatic N) is 1. The van der Waals surface area contributed by atoms with Gasteiger partial charge in [-0.1, -0.05) is 26.7 Å². The number of hydrogen-bond acceptors (Lipinski definition) is 2. The Morgan fingerprint density at radius 3 is 2.20 bits per heavy atom. The molecule has 0 bridgehead atoms. The normalized spacial score (nSPS) is 20.4. The first-order chi connectivity index (χ1) is 7.13. The number of nitrogens with one attached hydrogen (secondary N) is 1. The van der Waals surface area contributed by atoms with Gasteiger partial charge in [0.1, 0.15) is 0 Å². The molecule has 0 radical (unpaired) electrons. The van der Waals surface area contributed by atoms with Gasteiger partial charge >= 0.3 is 0 Å². The van der Waals surface area contributed by atoms with Crippen LogP contribution in [-0.2, 0) is 0 Å². The highest BCUT2D eigenvalue weighted by Crippen LogP contribution is 2.24. The fourth-order valence-corrected chi connectivity index (χ4v) is 2.55. The molecule has 0 spiro atoms. The van der Waals surface area contributed by atoms with E-state index in [0.717, 1.165) is 12.0 Å². The molecule has 1 aliphatic carbocycles. The standard InChI is InChI=1S/C13H28N2/c1-11(2)9-15(10-12(3)14-4)13-7-5-6-8-13/h11-14H,5-10H2,1-4H3. The van der Waals surface area contributed by atoms with Crippen LogP contribution in [0, 0.1) is 5.92 Å². The van der Waals surface area contributed by atoms with E-state index in [1.165, 1.54) is 38.8 Å². The summed E-state index contributed by atoms with van der Waals surface area (Å²) >= 11 is 0. The molecule has 1 saturated carbocycles. The quantitative estimate of drug-likeness (QED) is 0.728. The Morgan fingerprint density at radius 2 is 1.73 bits per heavy atom. The van der Waals surface area contributed by atoms with Crippen molar-refractivity contribution in [1.29, 1.82) is 0 Å². The summed E-state index contributed by atoms with van der Waals surface area (Å²) in [5.41, 5.74) is 0. The fraction of sp³-hybridized carbons (Fsp3) is 1.00. The van der Waals surface area contributed by atoms with E-state index in [0.29, 0.717) is 6.04 Å². The van der Waals surface area contributed by atoms with Gasteiger partial charge in [-0.25, -0.2) is 0 Å². The Bertz CT molecular complexity index is 162. The van der Waals surface area contributed by atoms with Gasteiger partial charge in [0, 0.05) is 25.2 Å². The third-order valence-corrected chi connectivity index (χ3v) is 3.44. The SMILES string of the molecule is CNC(C)CN(CC(C)C)C1CCCC1. The van der Waals surface area contributed by atoms with Crippen molar-refractivity contribution < 1.29 is 0 Å².